The van der Waals surface area contributed by atoms with Crippen LogP contribution in [0.1, 0.15) is 36.8 Å². The highest BCUT2D eigenvalue weighted by molar-refractivity contribution is 5.70. The van der Waals surface area contributed by atoms with Crippen LogP contribution in [0.3, 0.4) is 0 Å². The van der Waals surface area contributed by atoms with Gasteiger partial charge in [0.2, 0.25) is 0 Å². The Kier molecular flexibility index (Phi) is 5.56. The molecular weight excluding hydrogens is 256 g/mol. The Balaban J connectivity index is 1.80. The lowest BCUT2D eigenvalue weighted by Crippen LogP contribution is -2.27. The smallest absolute Gasteiger partial charge is 0.307 e. The van der Waals surface area contributed by atoms with Crippen molar-refractivity contribution in [1.82, 2.24) is 0 Å². The van der Waals surface area contributed by atoms with E-state index in [-0.39, 0.29) is 12.5 Å². The molecule has 4 heteroatoms. The van der Waals surface area contributed by atoms with Crippen molar-refractivity contribution in [1.29, 1.82) is 0 Å². The summed E-state index contributed by atoms with van der Waals surface area (Å²) in [5.41, 5.74) is 1.90. The molecule has 4 nitrogen and oxygen atoms in total. The van der Waals surface area contributed by atoms with Crippen molar-refractivity contribution >= 4 is 5.97 Å². The molecule has 0 saturated heterocycles. The van der Waals surface area contributed by atoms with E-state index in [0.717, 1.165) is 36.8 Å². The molecule has 0 amide bonds. The lowest BCUT2D eigenvalue weighted by Gasteiger charge is -2.28. The molecule has 1 fully saturated rings. The summed E-state index contributed by atoms with van der Waals surface area (Å²) in [6.45, 7) is 0.578. The lowest BCUT2D eigenvalue weighted by atomic mass is 9.95. The summed E-state index contributed by atoms with van der Waals surface area (Å²) in [5, 5.41) is 8.72. The number of benzene rings is 1. The van der Waals surface area contributed by atoms with Gasteiger partial charge in [0.05, 0.1) is 25.2 Å². The zero-order chi connectivity index (χ0) is 14.4. The topological polar surface area (TPSA) is 55.8 Å². The van der Waals surface area contributed by atoms with Crippen molar-refractivity contribution in [3.8, 4) is 0 Å². The van der Waals surface area contributed by atoms with Crippen LogP contribution in [0.15, 0.2) is 24.3 Å². The van der Waals surface area contributed by atoms with E-state index in [9.17, 15) is 4.79 Å². The number of methoxy groups -OCH3 is 1. The van der Waals surface area contributed by atoms with Crippen molar-refractivity contribution in [2.45, 2.75) is 50.9 Å². The van der Waals surface area contributed by atoms with Gasteiger partial charge in [-0.2, -0.15) is 0 Å². The molecule has 0 aliphatic heterocycles. The highest BCUT2D eigenvalue weighted by Gasteiger charge is 2.22. The molecule has 1 N–H and O–H groups in total. The van der Waals surface area contributed by atoms with Crippen LogP contribution in [0, 0.1) is 0 Å². The number of hydrogen-bond acceptors (Lipinski definition) is 3. The van der Waals surface area contributed by atoms with Gasteiger partial charge in [-0.3, -0.25) is 4.79 Å². The van der Waals surface area contributed by atoms with E-state index < -0.39 is 5.97 Å². The van der Waals surface area contributed by atoms with E-state index in [4.69, 9.17) is 14.6 Å². The molecule has 0 radical (unpaired) electrons. The SMILES string of the molecule is COC1CCCC(OCc2ccc(CC(=O)O)cc2)C1. The van der Waals surface area contributed by atoms with Crippen LogP contribution in [0.2, 0.25) is 0 Å². The van der Waals surface area contributed by atoms with Crippen LogP contribution in [0.25, 0.3) is 0 Å². The minimum atomic E-state index is -0.804. The molecule has 0 spiro atoms. The largest absolute Gasteiger partial charge is 0.481 e. The van der Waals surface area contributed by atoms with Gasteiger partial charge in [-0.05, 0) is 36.8 Å². The monoisotopic (exact) mass is 278 g/mol. The number of hydrogen-bond donors (Lipinski definition) is 1. The van der Waals surface area contributed by atoms with Crippen LogP contribution in [0.5, 0.6) is 0 Å². The molecule has 0 bridgehead atoms. The van der Waals surface area contributed by atoms with Gasteiger partial charge in [0.25, 0.3) is 0 Å². The molecule has 1 aliphatic rings. The molecule has 2 rings (SSSR count). The molecule has 110 valence electrons. The van der Waals surface area contributed by atoms with Crippen molar-refractivity contribution in [2.75, 3.05) is 7.11 Å². The first-order valence-electron chi connectivity index (χ1n) is 7.11. The van der Waals surface area contributed by atoms with Crippen LogP contribution in [-0.2, 0) is 27.3 Å². The van der Waals surface area contributed by atoms with Gasteiger partial charge in [-0.15, -0.1) is 0 Å². The Bertz CT molecular complexity index is 427. The minimum Gasteiger partial charge on any atom is -0.481 e. The van der Waals surface area contributed by atoms with E-state index in [2.05, 4.69) is 0 Å². The first-order valence-corrected chi connectivity index (χ1v) is 7.11. The number of ether oxygens (including phenoxy) is 2. The Hall–Kier alpha value is -1.39. The fraction of sp³-hybridized carbons (Fsp3) is 0.562. The van der Waals surface area contributed by atoms with Crippen LogP contribution >= 0.6 is 0 Å². The quantitative estimate of drug-likeness (QED) is 0.869. The highest BCUT2D eigenvalue weighted by atomic mass is 16.5. The Labute approximate surface area is 119 Å². The van der Waals surface area contributed by atoms with Gasteiger partial charge < -0.3 is 14.6 Å². The molecule has 0 aromatic heterocycles. The Morgan fingerprint density at radius 2 is 1.85 bits per heavy atom. The second-order valence-corrected chi connectivity index (χ2v) is 5.34. The first-order chi connectivity index (χ1) is 9.67. The second kappa shape index (κ2) is 7.41. The predicted molar refractivity (Wildman–Crippen MR) is 75.6 cm³/mol. The number of carboxylic acids is 1. The fourth-order valence-electron chi connectivity index (χ4n) is 2.61. The highest BCUT2D eigenvalue weighted by Crippen LogP contribution is 2.24. The number of rotatable bonds is 6. The molecule has 1 aromatic carbocycles. The normalized spacial score (nSPS) is 22.6. The predicted octanol–water partition coefficient (Wildman–Crippen LogP) is 2.79. The number of carbonyl (C=O) groups is 1. The summed E-state index contributed by atoms with van der Waals surface area (Å²) in [6.07, 6.45) is 5.00. The Morgan fingerprint density at radius 3 is 2.50 bits per heavy atom. The van der Waals surface area contributed by atoms with E-state index in [1.54, 1.807) is 7.11 Å². The molecule has 1 aromatic rings. The maximum atomic E-state index is 10.6. The second-order valence-electron chi connectivity index (χ2n) is 5.34. The molecule has 2 unspecified atom stereocenters. The van der Waals surface area contributed by atoms with Crippen LogP contribution in [-0.4, -0.2) is 30.4 Å². The van der Waals surface area contributed by atoms with Crippen molar-refractivity contribution in [3.05, 3.63) is 35.4 Å². The van der Waals surface area contributed by atoms with Crippen LogP contribution < -0.4 is 0 Å². The van der Waals surface area contributed by atoms with Gasteiger partial charge in [-0.1, -0.05) is 24.3 Å². The maximum Gasteiger partial charge on any atom is 0.307 e. The Morgan fingerprint density at radius 1 is 1.20 bits per heavy atom. The van der Waals surface area contributed by atoms with Crippen molar-refractivity contribution in [2.24, 2.45) is 0 Å². The summed E-state index contributed by atoms with van der Waals surface area (Å²) in [6, 6.07) is 7.58. The minimum absolute atomic E-state index is 0.0687. The third-order valence-electron chi connectivity index (χ3n) is 3.78. The molecule has 2 atom stereocenters. The van der Waals surface area contributed by atoms with Gasteiger partial charge in [0, 0.05) is 7.11 Å². The van der Waals surface area contributed by atoms with Crippen molar-refractivity contribution < 1.29 is 19.4 Å². The first kappa shape index (κ1) is 15.0. The van der Waals surface area contributed by atoms with Gasteiger partial charge in [0.1, 0.15) is 0 Å². The van der Waals surface area contributed by atoms with E-state index in [0.29, 0.717) is 12.7 Å². The molecule has 1 saturated carbocycles. The maximum absolute atomic E-state index is 10.6. The summed E-state index contributed by atoms with van der Waals surface area (Å²) in [5.74, 6) is -0.804. The number of aliphatic carboxylic acids is 1. The zero-order valence-electron chi connectivity index (χ0n) is 11.9. The molecule has 0 heterocycles. The summed E-state index contributed by atoms with van der Waals surface area (Å²) < 4.78 is 11.3. The van der Waals surface area contributed by atoms with Crippen LogP contribution in [0.4, 0.5) is 0 Å². The third-order valence-corrected chi connectivity index (χ3v) is 3.78. The van der Waals surface area contributed by atoms with Gasteiger partial charge in [-0.25, -0.2) is 0 Å². The van der Waals surface area contributed by atoms with Crippen molar-refractivity contribution in [3.63, 3.8) is 0 Å². The summed E-state index contributed by atoms with van der Waals surface area (Å²) in [4.78, 5) is 10.6. The molecule has 1 aliphatic carbocycles. The molecular formula is C16H22O4. The standard InChI is InChI=1S/C16H22O4/c1-19-14-3-2-4-15(10-14)20-11-13-7-5-12(6-8-13)9-16(17)18/h5-8,14-15H,2-4,9-11H2,1H3,(H,17,18). The van der Waals surface area contributed by atoms with Gasteiger partial charge in [0.15, 0.2) is 0 Å². The van der Waals surface area contributed by atoms with E-state index >= 15 is 0 Å². The fourth-order valence-corrected chi connectivity index (χ4v) is 2.61. The zero-order valence-corrected chi connectivity index (χ0v) is 11.9. The molecule has 20 heavy (non-hydrogen) atoms. The van der Waals surface area contributed by atoms with E-state index in [1.165, 1.54) is 0 Å². The summed E-state index contributed by atoms with van der Waals surface area (Å²) >= 11 is 0. The average molecular weight is 278 g/mol. The summed E-state index contributed by atoms with van der Waals surface area (Å²) in [7, 11) is 1.76. The lowest BCUT2D eigenvalue weighted by molar-refractivity contribution is -0.136. The third kappa shape index (κ3) is 4.62. The van der Waals surface area contributed by atoms with Gasteiger partial charge >= 0.3 is 5.97 Å². The average Bonchev–Trinajstić information content (AvgIpc) is 2.46. The van der Waals surface area contributed by atoms with E-state index in [1.807, 2.05) is 24.3 Å². The number of carboxylic acid groups (broad SMARTS) is 1.